The van der Waals surface area contributed by atoms with E-state index in [2.05, 4.69) is 0 Å². The summed E-state index contributed by atoms with van der Waals surface area (Å²) < 4.78 is 27.5. The van der Waals surface area contributed by atoms with Crippen molar-refractivity contribution in [2.75, 3.05) is 45.9 Å². The maximum absolute atomic E-state index is 12.1. The molecule has 5 N–H and O–H groups in total. The zero-order chi connectivity index (χ0) is 24.3. The quantitative estimate of drug-likeness (QED) is 0.209. The Bertz CT molecular complexity index is 901. The number of carboxylic acid groups (broad SMARTS) is 3. The van der Waals surface area contributed by atoms with Crippen molar-refractivity contribution in [1.82, 2.24) is 9.80 Å². The molecule has 0 unspecified atom stereocenters. The van der Waals surface area contributed by atoms with Crippen molar-refractivity contribution in [3.05, 3.63) is 29.8 Å². The number of carbonyl (C=O) groups is 4. The number of sulfonamides is 1. The minimum Gasteiger partial charge on any atom is -0.480 e. The molecule has 0 bridgehead atoms. The van der Waals surface area contributed by atoms with Crippen molar-refractivity contribution in [3.63, 3.8) is 0 Å². The van der Waals surface area contributed by atoms with Crippen LogP contribution >= 0.6 is 0 Å². The number of nitrogens with zero attached hydrogens (tertiary/aromatic N) is 2. The van der Waals surface area contributed by atoms with Gasteiger partial charge in [-0.1, -0.05) is 12.1 Å². The van der Waals surface area contributed by atoms with Crippen molar-refractivity contribution >= 4 is 33.9 Å². The highest BCUT2D eigenvalue weighted by molar-refractivity contribution is 7.89. The fourth-order valence-electron chi connectivity index (χ4n) is 2.64. The lowest BCUT2D eigenvalue weighted by atomic mass is 10.2. The van der Waals surface area contributed by atoms with E-state index in [1.54, 1.807) is 0 Å². The fraction of sp³-hybridized carbons (Fsp3) is 0.444. The molecule has 13 nitrogen and oxygen atoms in total. The van der Waals surface area contributed by atoms with E-state index in [0.717, 1.165) is 4.90 Å². The summed E-state index contributed by atoms with van der Waals surface area (Å²) in [5, 5.41) is 31.7. The molecule has 178 valence electrons. The van der Waals surface area contributed by atoms with E-state index in [1.165, 1.54) is 29.2 Å². The number of carboxylic acids is 3. The third-order valence-electron chi connectivity index (χ3n) is 4.07. The van der Waals surface area contributed by atoms with Gasteiger partial charge in [0.1, 0.15) is 0 Å². The maximum Gasteiger partial charge on any atom is 0.320 e. The summed E-state index contributed by atoms with van der Waals surface area (Å²) in [5.74, 6) is -4.44. The number of benzene rings is 1. The summed E-state index contributed by atoms with van der Waals surface area (Å²) in [6, 6.07) is 5.68. The molecule has 0 atom stereocenters. The highest BCUT2D eigenvalue weighted by Gasteiger charge is 2.19. The van der Waals surface area contributed by atoms with E-state index in [-0.39, 0.29) is 31.0 Å². The molecule has 0 radical (unpaired) electrons. The number of primary sulfonamides is 1. The van der Waals surface area contributed by atoms with Crippen molar-refractivity contribution in [2.45, 2.75) is 11.3 Å². The Morgan fingerprint density at radius 1 is 0.812 bits per heavy atom. The first kappa shape index (κ1) is 27.0. The SMILES string of the molecule is NS(=O)(=O)c1ccc(CCOC(=O)CN(CCN(CC(=O)O)CC(=O)O)CC(=O)O)cc1. The Balaban J connectivity index is 2.57. The third kappa shape index (κ3) is 11.4. The minimum atomic E-state index is -3.81. The molecule has 0 amide bonds. The van der Waals surface area contributed by atoms with Gasteiger partial charge in [-0.25, -0.2) is 13.6 Å². The molecule has 0 spiro atoms. The first-order valence-electron chi connectivity index (χ1n) is 9.24. The number of carbonyl (C=O) groups excluding carboxylic acids is 1. The van der Waals surface area contributed by atoms with E-state index >= 15 is 0 Å². The summed E-state index contributed by atoms with van der Waals surface area (Å²) >= 11 is 0. The average Bonchev–Trinajstić information content (AvgIpc) is 2.64. The van der Waals surface area contributed by atoms with Crippen molar-refractivity contribution in [1.29, 1.82) is 0 Å². The molecule has 0 aliphatic rings. The van der Waals surface area contributed by atoms with Crippen LogP contribution in [0.2, 0.25) is 0 Å². The predicted octanol–water partition coefficient (Wildman–Crippen LogP) is -1.72. The van der Waals surface area contributed by atoms with Gasteiger partial charge in [-0.15, -0.1) is 0 Å². The highest BCUT2D eigenvalue weighted by Crippen LogP contribution is 2.09. The van der Waals surface area contributed by atoms with Gasteiger partial charge in [-0.05, 0) is 17.7 Å². The van der Waals surface area contributed by atoms with Crippen LogP contribution in [0.3, 0.4) is 0 Å². The normalized spacial score (nSPS) is 11.5. The Morgan fingerprint density at radius 3 is 1.66 bits per heavy atom. The van der Waals surface area contributed by atoms with Gasteiger partial charge in [-0.3, -0.25) is 29.0 Å². The van der Waals surface area contributed by atoms with Gasteiger partial charge < -0.3 is 20.1 Å². The number of hydrogen-bond donors (Lipinski definition) is 4. The van der Waals surface area contributed by atoms with Crippen LogP contribution < -0.4 is 5.14 Å². The second-order valence-corrected chi connectivity index (χ2v) is 8.32. The first-order chi connectivity index (χ1) is 14.9. The molecule has 14 heteroatoms. The summed E-state index contributed by atoms with van der Waals surface area (Å²) in [6.07, 6.45) is 0.278. The van der Waals surface area contributed by atoms with Gasteiger partial charge in [0.05, 0.1) is 37.7 Å². The molecule has 0 heterocycles. The number of rotatable bonds is 15. The zero-order valence-corrected chi connectivity index (χ0v) is 17.9. The second kappa shape index (κ2) is 12.7. The molecule has 0 aliphatic heterocycles. The minimum absolute atomic E-state index is 0.0430. The number of esters is 1. The van der Waals surface area contributed by atoms with Crippen LogP contribution in [-0.4, -0.2) is 103 Å². The number of hydrogen-bond acceptors (Lipinski definition) is 9. The summed E-state index contributed by atoms with van der Waals surface area (Å²) in [7, 11) is -3.81. The highest BCUT2D eigenvalue weighted by atomic mass is 32.2. The van der Waals surface area contributed by atoms with Crippen molar-refractivity contribution in [3.8, 4) is 0 Å². The third-order valence-corrected chi connectivity index (χ3v) is 5.00. The van der Waals surface area contributed by atoms with E-state index in [1.807, 2.05) is 0 Å². The number of ether oxygens (including phenoxy) is 1. The van der Waals surface area contributed by atoms with Crippen LogP contribution in [0.25, 0.3) is 0 Å². The molecule has 1 rings (SSSR count). The smallest absolute Gasteiger partial charge is 0.320 e. The van der Waals surface area contributed by atoms with E-state index in [9.17, 15) is 27.6 Å². The van der Waals surface area contributed by atoms with Gasteiger partial charge in [0, 0.05) is 19.5 Å². The van der Waals surface area contributed by atoms with E-state index in [4.69, 9.17) is 25.2 Å². The van der Waals surface area contributed by atoms with Gasteiger partial charge >= 0.3 is 23.9 Å². The second-order valence-electron chi connectivity index (χ2n) is 6.76. The van der Waals surface area contributed by atoms with Crippen LogP contribution in [0.1, 0.15) is 5.56 Å². The molecule has 0 saturated carbocycles. The Kier molecular flexibility index (Phi) is 10.7. The molecular formula is C18H25N3O10S. The molecule has 0 aliphatic carbocycles. The molecule has 1 aromatic rings. The molecule has 32 heavy (non-hydrogen) atoms. The van der Waals surface area contributed by atoms with Crippen molar-refractivity contribution in [2.24, 2.45) is 5.14 Å². The largest absolute Gasteiger partial charge is 0.480 e. The van der Waals surface area contributed by atoms with Gasteiger partial charge in [0.15, 0.2) is 0 Å². The molecule has 0 aromatic heterocycles. The average molecular weight is 475 g/mol. The number of nitrogens with two attached hydrogens (primary N) is 1. The molecule has 0 saturated heterocycles. The van der Waals surface area contributed by atoms with Gasteiger partial charge in [-0.2, -0.15) is 0 Å². The summed E-state index contributed by atoms with van der Waals surface area (Å²) in [5.41, 5.74) is 0.686. The van der Waals surface area contributed by atoms with Crippen molar-refractivity contribution < 1.29 is 47.7 Å². The van der Waals surface area contributed by atoms with Crippen LogP contribution in [-0.2, 0) is 40.4 Å². The standard InChI is InChI=1S/C18H25N3O10S/c19-32(29,30)14-3-1-13(2-4-14)5-8-31-18(28)12-21(11-17(26)27)7-6-20(9-15(22)23)10-16(24)25/h1-4H,5-12H2,(H,22,23)(H,24,25)(H,26,27)(H2,19,29,30). The topological polar surface area (TPSA) is 205 Å². The monoisotopic (exact) mass is 475 g/mol. The fourth-order valence-corrected chi connectivity index (χ4v) is 3.16. The van der Waals surface area contributed by atoms with E-state index in [0.29, 0.717) is 5.56 Å². The Morgan fingerprint density at radius 2 is 1.25 bits per heavy atom. The predicted molar refractivity (Wildman–Crippen MR) is 108 cm³/mol. The van der Waals surface area contributed by atoms with Crippen LogP contribution in [0, 0.1) is 0 Å². The van der Waals surface area contributed by atoms with Crippen LogP contribution in [0.4, 0.5) is 0 Å². The Labute approximate surface area is 184 Å². The lowest BCUT2D eigenvalue weighted by molar-refractivity contribution is -0.148. The van der Waals surface area contributed by atoms with Crippen LogP contribution in [0.5, 0.6) is 0 Å². The molecular weight excluding hydrogens is 450 g/mol. The zero-order valence-electron chi connectivity index (χ0n) is 17.0. The van der Waals surface area contributed by atoms with E-state index < -0.39 is 60.1 Å². The van der Waals surface area contributed by atoms with Gasteiger partial charge in [0.2, 0.25) is 10.0 Å². The Hall–Kier alpha value is -3.07. The lowest BCUT2D eigenvalue weighted by Gasteiger charge is -2.24. The molecule has 1 aromatic carbocycles. The summed E-state index contributed by atoms with van der Waals surface area (Å²) in [6.45, 7) is -2.24. The lowest BCUT2D eigenvalue weighted by Crippen LogP contribution is -2.43. The van der Waals surface area contributed by atoms with Crippen LogP contribution in [0.15, 0.2) is 29.2 Å². The summed E-state index contributed by atoms with van der Waals surface area (Å²) in [4.78, 5) is 47.0. The maximum atomic E-state index is 12.1. The first-order valence-corrected chi connectivity index (χ1v) is 10.8. The molecule has 0 fully saturated rings. The van der Waals surface area contributed by atoms with Gasteiger partial charge in [0.25, 0.3) is 0 Å². The number of aliphatic carboxylic acids is 3.